The average molecular weight is 404 g/mol. The zero-order valence-electron chi connectivity index (χ0n) is 12.1. The Morgan fingerprint density at radius 1 is 1.32 bits per heavy atom. The SMILES string of the molecule is CCS(=O)(=O)c1nc(Cl)c2c(n1)c(C)c(Br)c1nn(C)cc12. The number of aromatic nitrogens is 4. The Kier molecular flexibility index (Phi) is 3.65. The Bertz CT molecular complexity index is 1030. The van der Waals surface area contributed by atoms with E-state index in [1.54, 1.807) is 18.7 Å². The Hall–Kier alpha value is -1.25. The van der Waals surface area contributed by atoms with Crippen molar-refractivity contribution in [3.05, 3.63) is 21.4 Å². The van der Waals surface area contributed by atoms with Crippen molar-refractivity contribution in [1.29, 1.82) is 0 Å². The third kappa shape index (κ3) is 2.21. The van der Waals surface area contributed by atoms with E-state index in [0.717, 1.165) is 20.9 Å². The molecule has 3 rings (SSSR count). The standard InChI is InChI=1S/C13H12BrClN4O2S/c1-4-22(20,21)13-16-10-6(2)9(14)11-7(5-19(3)18-11)8(10)12(15)17-13/h5H,4H2,1-3H3. The zero-order valence-corrected chi connectivity index (χ0v) is 15.2. The second kappa shape index (κ2) is 5.14. The molecule has 0 unspecified atom stereocenters. The van der Waals surface area contributed by atoms with E-state index in [2.05, 4.69) is 31.0 Å². The van der Waals surface area contributed by atoms with Crippen molar-refractivity contribution in [2.45, 2.75) is 19.0 Å². The smallest absolute Gasteiger partial charge is 0.249 e. The van der Waals surface area contributed by atoms with E-state index in [0.29, 0.717) is 10.9 Å². The summed E-state index contributed by atoms with van der Waals surface area (Å²) >= 11 is 9.77. The molecule has 0 amide bonds. The number of benzene rings is 1. The number of rotatable bonds is 2. The van der Waals surface area contributed by atoms with Crippen LogP contribution in [0.3, 0.4) is 0 Å². The molecule has 0 aliphatic heterocycles. The van der Waals surface area contributed by atoms with Gasteiger partial charge in [-0.3, -0.25) is 4.68 Å². The first kappa shape index (κ1) is 15.6. The molecule has 0 aliphatic carbocycles. The fraction of sp³-hybridized carbons (Fsp3) is 0.308. The number of fused-ring (bicyclic) bond motifs is 3. The van der Waals surface area contributed by atoms with Crippen LogP contribution in [0, 0.1) is 6.92 Å². The number of nitrogens with zero attached hydrogens (tertiary/aromatic N) is 4. The maximum Gasteiger partial charge on any atom is 0.249 e. The summed E-state index contributed by atoms with van der Waals surface area (Å²) in [6.45, 7) is 3.39. The van der Waals surface area contributed by atoms with Gasteiger partial charge in [-0.1, -0.05) is 18.5 Å². The van der Waals surface area contributed by atoms with Gasteiger partial charge in [-0.25, -0.2) is 18.4 Å². The number of aryl methyl sites for hydroxylation is 2. The van der Waals surface area contributed by atoms with E-state index in [9.17, 15) is 8.42 Å². The van der Waals surface area contributed by atoms with Crippen molar-refractivity contribution < 1.29 is 8.42 Å². The highest BCUT2D eigenvalue weighted by molar-refractivity contribution is 9.10. The lowest BCUT2D eigenvalue weighted by molar-refractivity contribution is 0.589. The lowest BCUT2D eigenvalue weighted by atomic mass is 10.1. The number of hydrogen-bond acceptors (Lipinski definition) is 5. The molecule has 0 saturated carbocycles. The monoisotopic (exact) mass is 402 g/mol. The first-order valence-electron chi connectivity index (χ1n) is 6.47. The molecule has 2 aromatic heterocycles. The zero-order chi connectivity index (χ0) is 16.2. The minimum atomic E-state index is -3.53. The largest absolute Gasteiger partial charge is 0.275 e. The highest BCUT2D eigenvalue weighted by Crippen LogP contribution is 2.37. The normalized spacial score (nSPS) is 12.4. The maximum absolute atomic E-state index is 12.0. The second-order valence-corrected chi connectivity index (χ2v) is 8.25. The first-order chi connectivity index (χ1) is 10.3. The molecule has 0 N–H and O–H groups in total. The van der Waals surface area contributed by atoms with E-state index in [1.165, 1.54) is 0 Å². The van der Waals surface area contributed by atoms with Crippen LogP contribution < -0.4 is 0 Å². The summed E-state index contributed by atoms with van der Waals surface area (Å²) in [4.78, 5) is 8.24. The summed E-state index contributed by atoms with van der Waals surface area (Å²) < 4.78 is 26.5. The van der Waals surface area contributed by atoms with Gasteiger partial charge in [-0.05, 0) is 28.4 Å². The predicted octanol–water partition coefficient (Wildman–Crippen LogP) is 3.03. The molecule has 0 aliphatic rings. The van der Waals surface area contributed by atoms with Crippen LogP contribution >= 0.6 is 27.5 Å². The van der Waals surface area contributed by atoms with E-state index >= 15 is 0 Å². The van der Waals surface area contributed by atoms with E-state index < -0.39 is 9.84 Å². The molecule has 1 aromatic carbocycles. The fourth-order valence-electron chi connectivity index (χ4n) is 2.31. The van der Waals surface area contributed by atoms with E-state index in [1.807, 2.05) is 13.1 Å². The molecule has 6 nitrogen and oxygen atoms in total. The molecule has 0 fully saturated rings. The molecular weight excluding hydrogens is 392 g/mol. The van der Waals surface area contributed by atoms with Crippen molar-refractivity contribution in [2.75, 3.05) is 5.75 Å². The summed E-state index contributed by atoms with van der Waals surface area (Å²) in [5.41, 5.74) is 2.03. The van der Waals surface area contributed by atoms with Crippen LogP contribution in [0.1, 0.15) is 12.5 Å². The van der Waals surface area contributed by atoms with Crippen molar-refractivity contribution in [1.82, 2.24) is 19.7 Å². The third-order valence-corrected chi connectivity index (χ3v) is 6.24. The maximum atomic E-state index is 12.0. The summed E-state index contributed by atoms with van der Waals surface area (Å²) in [6.07, 6.45) is 1.81. The van der Waals surface area contributed by atoms with Gasteiger partial charge < -0.3 is 0 Å². The van der Waals surface area contributed by atoms with Crippen molar-refractivity contribution in [3.63, 3.8) is 0 Å². The van der Waals surface area contributed by atoms with Crippen LogP contribution in [0.4, 0.5) is 0 Å². The van der Waals surface area contributed by atoms with Crippen molar-refractivity contribution >= 4 is 59.2 Å². The van der Waals surface area contributed by atoms with Crippen LogP contribution in [0.25, 0.3) is 21.8 Å². The highest BCUT2D eigenvalue weighted by atomic mass is 79.9. The number of hydrogen-bond donors (Lipinski definition) is 0. The molecule has 0 bridgehead atoms. The number of halogens is 2. The van der Waals surface area contributed by atoms with Gasteiger partial charge in [0.25, 0.3) is 0 Å². The van der Waals surface area contributed by atoms with Crippen LogP contribution in [0.5, 0.6) is 0 Å². The Morgan fingerprint density at radius 3 is 2.64 bits per heavy atom. The fourth-order valence-corrected chi connectivity index (χ4v) is 3.83. The van der Waals surface area contributed by atoms with Crippen LogP contribution in [0.15, 0.2) is 15.8 Å². The summed E-state index contributed by atoms with van der Waals surface area (Å²) in [6, 6.07) is 0. The molecule has 3 aromatic rings. The van der Waals surface area contributed by atoms with Crippen LogP contribution in [-0.4, -0.2) is 33.9 Å². The predicted molar refractivity (Wildman–Crippen MR) is 89.0 cm³/mol. The Balaban J connectivity index is 2.55. The third-order valence-electron chi connectivity index (χ3n) is 3.49. The molecule has 0 spiro atoms. The molecular formula is C13H12BrClN4O2S. The summed E-state index contributed by atoms with van der Waals surface area (Å²) in [7, 11) is -1.73. The van der Waals surface area contributed by atoms with Gasteiger partial charge in [0.2, 0.25) is 15.0 Å². The quantitative estimate of drug-likeness (QED) is 0.485. The second-order valence-electron chi connectivity index (χ2n) is 4.93. The Labute approximate surface area is 140 Å². The molecule has 9 heteroatoms. The van der Waals surface area contributed by atoms with Gasteiger partial charge in [0.15, 0.2) is 0 Å². The van der Waals surface area contributed by atoms with Gasteiger partial charge in [0.05, 0.1) is 15.7 Å². The van der Waals surface area contributed by atoms with E-state index in [-0.39, 0.29) is 16.1 Å². The topological polar surface area (TPSA) is 77.7 Å². The van der Waals surface area contributed by atoms with Crippen molar-refractivity contribution in [3.8, 4) is 0 Å². The van der Waals surface area contributed by atoms with Crippen molar-refractivity contribution in [2.24, 2.45) is 7.05 Å². The first-order valence-corrected chi connectivity index (χ1v) is 9.30. The van der Waals surface area contributed by atoms with Gasteiger partial charge in [-0.2, -0.15) is 5.10 Å². The van der Waals surface area contributed by atoms with Gasteiger partial charge in [0, 0.05) is 24.0 Å². The van der Waals surface area contributed by atoms with Crippen LogP contribution in [0.2, 0.25) is 5.15 Å². The molecule has 0 radical (unpaired) electrons. The van der Waals surface area contributed by atoms with Gasteiger partial charge >= 0.3 is 0 Å². The Morgan fingerprint density at radius 2 is 2.00 bits per heavy atom. The average Bonchev–Trinajstić information content (AvgIpc) is 2.85. The molecule has 116 valence electrons. The lowest BCUT2D eigenvalue weighted by Crippen LogP contribution is -2.09. The van der Waals surface area contributed by atoms with Gasteiger partial charge in [0.1, 0.15) is 10.7 Å². The van der Waals surface area contributed by atoms with Crippen LogP contribution in [-0.2, 0) is 16.9 Å². The van der Waals surface area contributed by atoms with E-state index in [4.69, 9.17) is 11.6 Å². The lowest BCUT2D eigenvalue weighted by Gasteiger charge is -2.09. The summed E-state index contributed by atoms with van der Waals surface area (Å²) in [5, 5.41) is 5.65. The van der Waals surface area contributed by atoms with Gasteiger partial charge in [-0.15, -0.1) is 0 Å². The minimum Gasteiger partial charge on any atom is -0.275 e. The molecule has 22 heavy (non-hydrogen) atoms. The molecule has 2 heterocycles. The molecule has 0 saturated heterocycles. The molecule has 0 atom stereocenters. The highest BCUT2D eigenvalue weighted by Gasteiger charge is 2.22. The minimum absolute atomic E-state index is 0.0792. The summed E-state index contributed by atoms with van der Waals surface area (Å²) in [5.74, 6) is -0.0792. The number of sulfone groups is 1.